The lowest BCUT2D eigenvalue weighted by molar-refractivity contribution is 0.446. The van der Waals surface area contributed by atoms with Crippen LogP contribution in [0, 0.1) is 6.85 Å². The summed E-state index contributed by atoms with van der Waals surface area (Å²) in [6.45, 7) is 21.3. The van der Waals surface area contributed by atoms with Crippen LogP contribution in [0.5, 0.6) is 5.75 Å². The summed E-state index contributed by atoms with van der Waals surface area (Å²) in [7, 11) is 0. The monoisotopic (exact) mass is 896 g/mol. The van der Waals surface area contributed by atoms with Crippen molar-refractivity contribution in [2.24, 2.45) is 0 Å². The molecule has 0 spiro atoms. The second-order valence-corrected chi connectivity index (χ2v) is 21.6. The maximum atomic E-state index is 12.7. The zero-order valence-corrected chi connectivity index (χ0v) is 41.4. The molecular weight excluding hydrogens is 827 g/mol. The minimum Gasteiger partial charge on any atom is -0.507 e. The van der Waals surface area contributed by atoms with Gasteiger partial charge in [-0.1, -0.05) is 185 Å². The second-order valence-electron chi connectivity index (χ2n) is 21.6. The van der Waals surface area contributed by atoms with Crippen LogP contribution in [-0.4, -0.2) is 19.6 Å². The third kappa shape index (κ3) is 9.05. The number of aryl methyl sites for hydroxylation is 1. The number of imidazole rings is 1. The highest BCUT2D eigenvalue weighted by Gasteiger charge is 2.29. The number of fused-ring (bicyclic) bond motifs is 1. The highest BCUT2D eigenvalue weighted by Crippen LogP contribution is 2.46. The van der Waals surface area contributed by atoms with Crippen molar-refractivity contribution in [2.45, 2.75) is 105 Å². The van der Waals surface area contributed by atoms with E-state index in [9.17, 15) is 6.48 Å². The Balaban J connectivity index is 1.34. The lowest BCUT2D eigenvalue weighted by Gasteiger charge is -2.27. The number of para-hydroxylation sites is 1. The summed E-state index contributed by atoms with van der Waals surface area (Å²) in [5, 5.41) is 12.7. The third-order valence-corrected chi connectivity index (χ3v) is 13.2. The Morgan fingerprint density at radius 3 is 1.85 bits per heavy atom. The van der Waals surface area contributed by atoms with E-state index in [0.717, 1.165) is 89.2 Å². The van der Waals surface area contributed by atoms with Gasteiger partial charge in [-0.2, -0.15) is 0 Å². The fourth-order valence-corrected chi connectivity index (χ4v) is 9.15. The van der Waals surface area contributed by atoms with E-state index in [1.54, 1.807) is 18.3 Å². The third-order valence-electron chi connectivity index (χ3n) is 13.2. The molecule has 2 heterocycles. The van der Waals surface area contributed by atoms with E-state index in [-0.39, 0.29) is 22.0 Å². The van der Waals surface area contributed by atoms with E-state index in [0.29, 0.717) is 17.0 Å². The summed E-state index contributed by atoms with van der Waals surface area (Å²) < 4.78 is 35.1. The standard InChI is InChI=1S/C64H65N3O/c1-40(2)45-27-30-57(53(36-45)44-25-28-50(29-26-44)62(4,5)6)67-58-20-16-19-52(59(58)66-61(67)54-38-51(63(7,8)9)39-55(60(54)68)64(10,11)12)48-33-47(42-17-14-13-15-18-42)34-49(35-48)56-37-46(31-32-65-56)43-23-21-41(3)22-24-43/h13-40,68H,1-12H3/i3D3,40D. The topological polar surface area (TPSA) is 50.9 Å². The van der Waals surface area contributed by atoms with Gasteiger partial charge in [-0.3, -0.25) is 9.55 Å². The number of nitrogens with zero attached hydrogens (tertiary/aromatic N) is 3. The van der Waals surface area contributed by atoms with Crippen LogP contribution >= 0.6 is 0 Å². The fourth-order valence-electron chi connectivity index (χ4n) is 9.15. The van der Waals surface area contributed by atoms with Gasteiger partial charge >= 0.3 is 0 Å². The number of phenolic OH excluding ortho intramolecular Hbond substituents is 1. The summed E-state index contributed by atoms with van der Waals surface area (Å²) in [5.74, 6) is -0.0662. The minimum absolute atomic E-state index is 0.0391. The number of hydrogen-bond acceptors (Lipinski definition) is 3. The largest absolute Gasteiger partial charge is 0.507 e. The van der Waals surface area contributed by atoms with Gasteiger partial charge in [0.05, 0.1) is 28.0 Å². The molecule has 342 valence electrons. The van der Waals surface area contributed by atoms with Crippen LogP contribution < -0.4 is 0 Å². The molecule has 0 aliphatic heterocycles. The number of aromatic hydroxyl groups is 1. The summed E-state index contributed by atoms with van der Waals surface area (Å²) in [6.07, 6.45) is 1.80. The fraction of sp³-hybridized carbons (Fsp3) is 0.250. The smallest absolute Gasteiger partial charge is 0.149 e. The molecule has 1 N–H and O–H groups in total. The zero-order valence-electron chi connectivity index (χ0n) is 45.4. The number of phenols is 1. The number of hydrogen-bond donors (Lipinski definition) is 1. The van der Waals surface area contributed by atoms with Crippen LogP contribution in [0.1, 0.15) is 115 Å². The molecular formula is C64H65N3O. The van der Waals surface area contributed by atoms with Gasteiger partial charge in [-0.15, -0.1) is 0 Å². The second kappa shape index (κ2) is 17.6. The predicted octanol–water partition coefficient (Wildman–Crippen LogP) is 17.5. The molecule has 0 bridgehead atoms. The highest BCUT2D eigenvalue weighted by molar-refractivity contribution is 5.98. The van der Waals surface area contributed by atoms with Crippen molar-refractivity contribution >= 4 is 11.0 Å². The Morgan fingerprint density at radius 2 is 1.19 bits per heavy atom. The van der Waals surface area contributed by atoms with Crippen molar-refractivity contribution < 1.29 is 10.6 Å². The Morgan fingerprint density at radius 1 is 0.529 bits per heavy atom. The van der Waals surface area contributed by atoms with Gasteiger partial charge in [0.15, 0.2) is 0 Å². The Kier molecular flexibility index (Phi) is 10.6. The van der Waals surface area contributed by atoms with Crippen LogP contribution in [0.4, 0.5) is 0 Å². The number of rotatable bonds is 8. The van der Waals surface area contributed by atoms with E-state index in [1.807, 2.05) is 50.2 Å². The SMILES string of the molecule is [2H]C([2H])([2H])c1ccc(-c2ccnc(-c3cc(-c4ccccc4)cc(-c4cccc5c4nc(-c4cc(C(C)(C)C)cc(C(C)(C)C)c4O)n5-c4ccc(C([2H])(C)C)cc4-c4ccc(C(C)(C)C)cc4)c3)c2)cc1. The first-order chi connectivity index (χ1) is 33.8. The molecule has 0 saturated heterocycles. The molecule has 68 heavy (non-hydrogen) atoms. The Hall–Kier alpha value is -7.04. The quantitative estimate of drug-likeness (QED) is 0.165. The van der Waals surface area contributed by atoms with E-state index in [4.69, 9.17) is 14.1 Å². The first-order valence-corrected chi connectivity index (χ1v) is 23.7. The van der Waals surface area contributed by atoms with Crippen molar-refractivity contribution in [2.75, 3.05) is 0 Å². The highest BCUT2D eigenvalue weighted by atomic mass is 16.3. The molecule has 9 aromatic rings. The van der Waals surface area contributed by atoms with E-state index >= 15 is 0 Å². The molecule has 0 fully saturated rings. The van der Waals surface area contributed by atoms with Gasteiger partial charge in [-0.25, -0.2) is 4.98 Å². The molecule has 0 aliphatic carbocycles. The average molecular weight is 896 g/mol. The first kappa shape index (κ1) is 41.2. The van der Waals surface area contributed by atoms with E-state index in [1.165, 1.54) is 5.56 Å². The van der Waals surface area contributed by atoms with Crippen molar-refractivity contribution in [3.63, 3.8) is 0 Å². The van der Waals surface area contributed by atoms with Crippen LogP contribution in [0.3, 0.4) is 0 Å². The number of pyridine rings is 1. The average Bonchev–Trinajstić information content (AvgIpc) is 3.72. The lowest BCUT2D eigenvalue weighted by atomic mass is 9.79. The van der Waals surface area contributed by atoms with Gasteiger partial charge in [0.2, 0.25) is 0 Å². The molecule has 0 unspecified atom stereocenters. The van der Waals surface area contributed by atoms with Crippen molar-refractivity contribution in [1.29, 1.82) is 0 Å². The molecule has 0 saturated carbocycles. The first-order valence-electron chi connectivity index (χ1n) is 25.7. The van der Waals surface area contributed by atoms with Crippen LogP contribution in [0.25, 0.3) is 83.9 Å². The van der Waals surface area contributed by atoms with Crippen molar-refractivity contribution in [3.05, 3.63) is 192 Å². The van der Waals surface area contributed by atoms with Crippen LogP contribution in [0.2, 0.25) is 0 Å². The number of aromatic nitrogens is 3. The normalized spacial score (nSPS) is 13.5. The van der Waals surface area contributed by atoms with Gasteiger partial charge in [0.25, 0.3) is 0 Å². The van der Waals surface area contributed by atoms with Gasteiger partial charge in [0, 0.05) is 33.9 Å². The van der Waals surface area contributed by atoms with E-state index in [2.05, 4.69) is 176 Å². The van der Waals surface area contributed by atoms with Gasteiger partial charge < -0.3 is 5.11 Å². The number of benzene rings is 7. The van der Waals surface area contributed by atoms with E-state index < -0.39 is 12.7 Å². The van der Waals surface area contributed by atoms with Crippen molar-refractivity contribution in [3.8, 4) is 78.6 Å². The molecule has 0 amide bonds. The molecule has 7 aromatic carbocycles. The molecule has 0 aliphatic rings. The molecule has 2 aromatic heterocycles. The molecule has 4 nitrogen and oxygen atoms in total. The molecule has 0 radical (unpaired) electrons. The Bertz CT molecular complexity index is 3470. The van der Waals surface area contributed by atoms with Crippen LogP contribution in [-0.2, 0) is 16.2 Å². The molecule has 9 rings (SSSR count). The van der Waals surface area contributed by atoms with Gasteiger partial charge in [0.1, 0.15) is 11.6 Å². The predicted molar refractivity (Wildman–Crippen MR) is 288 cm³/mol. The lowest BCUT2D eigenvalue weighted by Crippen LogP contribution is -2.17. The molecule has 0 atom stereocenters. The Labute approximate surface area is 410 Å². The summed E-state index contributed by atoms with van der Waals surface area (Å²) in [5.41, 5.74) is 16.2. The van der Waals surface area contributed by atoms with Gasteiger partial charge in [-0.05, 0) is 134 Å². The maximum absolute atomic E-state index is 12.7. The molecule has 4 heteroatoms. The maximum Gasteiger partial charge on any atom is 0.149 e. The van der Waals surface area contributed by atoms with Crippen molar-refractivity contribution in [1.82, 2.24) is 14.5 Å². The summed E-state index contributed by atoms with van der Waals surface area (Å²) >= 11 is 0. The van der Waals surface area contributed by atoms with Crippen LogP contribution in [0.15, 0.2) is 164 Å². The summed E-state index contributed by atoms with van der Waals surface area (Å²) in [4.78, 5) is 10.6. The zero-order chi connectivity index (χ0) is 51.7. The summed E-state index contributed by atoms with van der Waals surface area (Å²) in [6, 6.07) is 53.6. The minimum atomic E-state index is -2.19.